The van der Waals surface area contributed by atoms with Gasteiger partial charge in [0.1, 0.15) is 5.75 Å². The van der Waals surface area contributed by atoms with Gasteiger partial charge in [0.15, 0.2) is 0 Å². The van der Waals surface area contributed by atoms with Gasteiger partial charge in [0, 0.05) is 12.1 Å². The van der Waals surface area contributed by atoms with Gasteiger partial charge in [0.2, 0.25) is 0 Å². The van der Waals surface area contributed by atoms with E-state index in [0.29, 0.717) is 5.75 Å². The molecule has 0 bridgehead atoms. The summed E-state index contributed by atoms with van der Waals surface area (Å²) in [5.74, 6) is 0.476. The Bertz CT molecular complexity index is 367. The van der Waals surface area contributed by atoms with Crippen LogP contribution in [0.4, 0.5) is 0 Å². The van der Waals surface area contributed by atoms with Crippen LogP contribution < -0.4 is 0 Å². The maximum absolute atomic E-state index is 10.2. The first-order chi connectivity index (χ1) is 7.51. The first-order valence-electron chi connectivity index (χ1n) is 6.02. The lowest BCUT2D eigenvalue weighted by Gasteiger charge is -2.21. The molecule has 90 valence electrons. The summed E-state index contributed by atoms with van der Waals surface area (Å²) < 4.78 is 0. The van der Waals surface area contributed by atoms with Crippen molar-refractivity contribution in [1.82, 2.24) is 4.90 Å². The fourth-order valence-electron chi connectivity index (χ4n) is 1.99. The van der Waals surface area contributed by atoms with Gasteiger partial charge in [-0.2, -0.15) is 0 Å². The highest BCUT2D eigenvalue weighted by molar-refractivity contribution is 5.48. The molecule has 0 aliphatic heterocycles. The van der Waals surface area contributed by atoms with E-state index >= 15 is 0 Å². The molecule has 0 fully saturated rings. The van der Waals surface area contributed by atoms with Gasteiger partial charge < -0.3 is 5.11 Å². The maximum atomic E-state index is 10.2. The third kappa shape index (κ3) is 2.56. The minimum absolute atomic E-state index is 0.476. The van der Waals surface area contributed by atoms with E-state index in [0.717, 1.165) is 30.8 Å². The van der Waals surface area contributed by atoms with Crippen molar-refractivity contribution in [1.29, 1.82) is 0 Å². The molecule has 0 unspecified atom stereocenters. The van der Waals surface area contributed by atoms with Crippen LogP contribution in [0.3, 0.4) is 0 Å². The Balaban J connectivity index is 3.09. The molecule has 0 aliphatic carbocycles. The second-order valence-electron chi connectivity index (χ2n) is 4.42. The molecule has 0 radical (unpaired) electrons. The van der Waals surface area contributed by atoms with Crippen molar-refractivity contribution in [3.63, 3.8) is 0 Å². The Morgan fingerprint density at radius 3 is 2.12 bits per heavy atom. The Labute approximate surface area is 98.9 Å². The first kappa shape index (κ1) is 13.0. The van der Waals surface area contributed by atoms with Crippen molar-refractivity contribution in [2.75, 3.05) is 13.1 Å². The van der Waals surface area contributed by atoms with E-state index in [1.54, 1.807) is 0 Å². The fraction of sp³-hybridized carbons (Fsp3) is 0.571. The Morgan fingerprint density at radius 2 is 1.62 bits per heavy atom. The van der Waals surface area contributed by atoms with Crippen LogP contribution in [-0.2, 0) is 6.54 Å². The topological polar surface area (TPSA) is 23.5 Å². The largest absolute Gasteiger partial charge is 0.507 e. The first-order valence-corrected chi connectivity index (χ1v) is 6.02. The minimum Gasteiger partial charge on any atom is -0.507 e. The zero-order valence-electron chi connectivity index (χ0n) is 11.1. The lowest BCUT2D eigenvalue weighted by Crippen LogP contribution is -2.22. The highest BCUT2D eigenvalue weighted by Gasteiger charge is 2.12. The van der Waals surface area contributed by atoms with Crippen LogP contribution in [0.1, 0.15) is 36.1 Å². The summed E-state index contributed by atoms with van der Waals surface area (Å²) in [5, 5.41) is 10.2. The number of phenolic OH excluding ortho intramolecular Hbond substituents is 1. The summed E-state index contributed by atoms with van der Waals surface area (Å²) >= 11 is 0. The minimum atomic E-state index is 0.476. The van der Waals surface area contributed by atoms with Gasteiger partial charge in [-0.05, 0) is 50.6 Å². The number of phenols is 1. The summed E-state index contributed by atoms with van der Waals surface area (Å²) in [6.45, 7) is 13.3. The van der Waals surface area contributed by atoms with Crippen molar-refractivity contribution in [2.45, 2.75) is 41.2 Å². The van der Waals surface area contributed by atoms with Crippen LogP contribution in [0.5, 0.6) is 5.75 Å². The van der Waals surface area contributed by atoms with Crippen LogP contribution in [0.15, 0.2) is 6.07 Å². The van der Waals surface area contributed by atoms with Gasteiger partial charge in [-0.3, -0.25) is 4.90 Å². The van der Waals surface area contributed by atoms with E-state index < -0.39 is 0 Å². The van der Waals surface area contributed by atoms with Crippen LogP contribution in [0.25, 0.3) is 0 Å². The van der Waals surface area contributed by atoms with Gasteiger partial charge in [0.05, 0.1) is 0 Å². The number of aromatic hydroxyl groups is 1. The van der Waals surface area contributed by atoms with E-state index in [1.165, 1.54) is 11.1 Å². The number of aryl methyl sites for hydroxylation is 2. The van der Waals surface area contributed by atoms with Gasteiger partial charge in [-0.25, -0.2) is 0 Å². The molecule has 0 spiro atoms. The number of benzene rings is 1. The lowest BCUT2D eigenvalue weighted by atomic mass is 9.98. The number of rotatable bonds is 4. The van der Waals surface area contributed by atoms with Crippen molar-refractivity contribution in [3.8, 4) is 5.75 Å². The van der Waals surface area contributed by atoms with E-state index in [-0.39, 0.29) is 0 Å². The lowest BCUT2D eigenvalue weighted by molar-refractivity contribution is 0.290. The highest BCUT2D eigenvalue weighted by Crippen LogP contribution is 2.29. The molecule has 2 nitrogen and oxygen atoms in total. The summed E-state index contributed by atoms with van der Waals surface area (Å²) in [6.07, 6.45) is 0. The average Bonchev–Trinajstić information content (AvgIpc) is 2.27. The molecule has 0 heterocycles. The van der Waals surface area contributed by atoms with E-state index in [1.807, 2.05) is 13.8 Å². The summed E-state index contributed by atoms with van der Waals surface area (Å²) in [5.41, 5.74) is 4.44. The van der Waals surface area contributed by atoms with Gasteiger partial charge in [-0.1, -0.05) is 19.9 Å². The summed E-state index contributed by atoms with van der Waals surface area (Å²) in [7, 11) is 0. The zero-order valence-corrected chi connectivity index (χ0v) is 11.1. The Hall–Kier alpha value is -1.02. The molecular weight excluding hydrogens is 198 g/mol. The highest BCUT2D eigenvalue weighted by atomic mass is 16.3. The zero-order chi connectivity index (χ0) is 12.3. The predicted octanol–water partition coefficient (Wildman–Crippen LogP) is 3.16. The molecule has 1 aromatic rings. The normalized spacial score (nSPS) is 11.1. The van der Waals surface area contributed by atoms with Crippen molar-refractivity contribution in [2.24, 2.45) is 0 Å². The molecule has 1 aromatic carbocycles. The molecule has 0 aromatic heterocycles. The summed E-state index contributed by atoms with van der Waals surface area (Å²) in [4.78, 5) is 2.32. The smallest absolute Gasteiger partial charge is 0.123 e. The standard InChI is InChI=1S/C14H23NO/c1-6-15(7-2)9-13-11(4)8-10(3)12(5)14(13)16/h8,16H,6-7,9H2,1-5H3. The molecule has 0 saturated carbocycles. The van der Waals surface area contributed by atoms with E-state index in [2.05, 4.69) is 31.7 Å². The van der Waals surface area contributed by atoms with Gasteiger partial charge in [0.25, 0.3) is 0 Å². The fourth-order valence-corrected chi connectivity index (χ4v) is 1.99. The third-order valence-corrected chi connectivity index (χ3v) is 3.42. The predicted molar refractivity (Wildman–Crippen MR) is 68.9 cm³/mol. The SMILES string of the molecule is CCN(CC)Cc1c(C)cc(C)c(C)c1O. The average molecular weight is 221 g/mol. The van der Waals surface area contributed by atoms with Crippen LogP contribution in [0.2, 0.25) is 0 Å². The molecule has 0 atom stereocenters. The van der Waals surface area contributed by atoms with Crippen molar-refractivity contribution >= 4 is 0 Å². The number of hydrogen-bond acceptors (Lipinski definition) is 2. The number of hydrogen-bond donors (Lipinski definition) is 1. The van der Waals surface area contributed by atoms with Crippen molar-refractivity contribution in [3.05, 3.63) is 28.3 Å². The molecule has 0 amide bonds. The molecule has 1 N–H and O–H groups in total. The van der Waals surface area contributed by atoms with Crippen LogP contribution in [-0.4, -0.2) is 23.1 Å². The molecule has 16 heavy (non-hydrogen) atoms. The molecular formula is C14H23NO. The molecule has 0 saturated heterocycles. The Kier molecular flexibility index (Phi) is 4.36. The molecule has 0 aliphatic rings. The maximum Gasteiger partial charge on any atom is 0.123 e. The molecule has 2 heteroatoms. The van der Waals surface area contributed by atoms with E-state index in [4.69, 9.17) is 0 Å². The van der Waals surface area contributed by atoms with Crippen LogP contribution in [0, 0.1) is 20.8 Å². The quantitative estimate of drug-likeness (QED) is 0.844. The van der Waals surface area contributed by atoms with Crippen LogP contribution >= 0.6 is 0 Å². The number of nitrogens with zero attached hydrogens (tertiary/aromatic N) is 1. The summed E-state index contributed by atoms with van der Waals surface area (Å²) in [6, 6.07) is 2.16. The molecule has 1 rings (SSSR count). The third-order valence-electron chi connectivity index (χ3n) is 3.42. The van der Waals surface area contributed by atoms with Crippen molar-refractivity contribution < 1.29 is 5.11 Å². The van der Waals surface area contributed by atoms with Gasteiger partial charge >= 0.3 is 0 Å². The second-order valence-corrected chi connectivity index (χ2v) is 4.42. The Morgan fingerprint density at radius 1 is 1.06 bits per heavy atom. The van der Waals surface area contributed by atoms with Gasteiger partial charge in [-0.15, -0.1) is 0 Å². The second kappa shape index (κ2) is 5.35. The van der Waals surface area contributed by atoms with E-state index in [9.17, 15) is 5.11 Å². The monoisotopic (exact) mass is 221 g/mol.